The summed E-state index contributed by atoms with van der Waals surface area (Å²) < 4.78 is 4.71. The van der Waals surface area contributed by atoms with Crippen LogP contribution in [0.1, 0.15) is 22.6 Å². The van der Waals surface area contributed by atoms with Gasteiger partial charge in [0, 0.05) is 37.6 Å². The standard InChI is InChI=1S/C13H14BrN5/c1-8-5-19-7-11(16-13(19)9(2)15-8)4-10-6-18(3)17-12(10)14/h5-7H,4H2,1-3H3. The Bertz CT molecular complexity index is 756. The minimum Gasteiger partial charge on any atom is -0.303 e. The van der Waals surface area contributed by atoms with Crippen molar-refractivity contribution < 1.29 is 0 Å². The molecular weight excluding hydrogens is 306 g/mol. The number of halogens is 1. The maximum Gasteiger partial charge on any atom is 0.158 e. The van der Waals surface area contributed by atoms with Gasteiger partial charge in [-0.05, 0) is 29.8 Å². The summed E-state index contributed by atoms with van der Waals surface area (Å²) in [5.41, 5.74) is 5.02. The third-order valence-electron chi connectivity index (χ3n) is 3.00. The summed E-state index contributed by atoms with van der Waals surface area (Å²) in [6, 6.07) is 0. The second-order valence-electron chi connectivity index (χ2n) is 4.73. The van der Waals surface area contributed by atoms with Crippen molar-refractivity contribution in [2.75, 3.05) is 0 Å². The molecule has 98 valence electrons. The number of hydrogen-bond acceptors (Lipinski definition) is 3. The average molecular weight is 320 g/mol. The lowest BCUT2D eigenvalue weighted by Gasteiger charge is -1.98. The van der Waals surface area contributed by atoms with Gasteiger partial charge < -0.3 is 4.40 Å². The van der Waals surface area contributed by atoms with Crippen LogP contribution in [-0.4, -0.2) is 24.1 Å². The first-order chi connectivity index (χ1) is 9.02. The molecular formula is C13H14BrN5. The van der Waals surface area contributed by atoms with Crippen molar-refractivity contribution in [2.24, 2.45) is 7.05 Å². The van der Waals surface area contributed by atoms with E-state index in [-0.39, 0.29) is 0 Å². The van der Waals surface area contributed by atoms with E-state index in [1.54, 1.807) is 4.68 Å². The molecule has 0 saturated heterocycles. The summed E-state index contributed by atoms with van der Waals surface area (Å²) >= 11 is 3.47. The summed E-state index contributed by atoms with van der Waals surface area (Å²) in [5.74, 6) is 0. The Labute approximate surface area is 119 Å². The van der Waals surface area contributed by atoms with Crippen LogP contribution in [0.25, 0.3) is 5.65 Å². The van der Waals surface area contributed by atoms with Crippen molar-refractivity contribution in [3.63, 3.8) is 0 Å². The maximum atomic E-state index is 4.64. The first-order valence-electron chi connectivity index (χ1n) is 6.03. The number of nitrogens with zero attached hydrogens (tertiary/aromatic N) is 5. The topological polar surface area (TPSA) is 48.0 Å². The summed E-state index contributed by atoms with van der Waals surface area (Å²) in [5, 5.41) is 4.28. The van der Waals surface area contributed by atoms with Crippen LogP contribution in [0.5, 0.6) is 0 Å². The van der Waals surface area contributed by atoms with Gasteiger partial charge in [-0.3, -0.25) is 9.67 Å². The predicted molar refractivity (Wildman–Crippen MR) is 76.2 cm³/mol. The van der Waals surface area contributed by atoms with E-state index in [1.165, 1.54) is 0 Å². The van der Waals surface area contributed by atoms with Crippen LogP contribution in [0.3, 0.4) is 0 Å². The highest BCUT2D eigenvalue weighted by Gasteiger charge is 2.10. The Morgan fingerprint density at radius 1 is 1.16 bits per heavy atom. The lowest BCUT2D eigenvalue weighted by Crippen LogP contribution is -1.93. The van der Waals surface area contributed by atoms with E-state index in [0.29, 0.717) is 0 Å². The molecule has 5 nitrogen and oxygen atoms in total. The highest BCUT2D eigenvalue weighted by molar-refractivity contribution is 9.10. The van der Waals surface area contributed by atoms with Crippen molar-refractivity contribution in [2.45, 2.75) is 20.3 Å². The van der Waals surface area contributed by atoms with E-state index < -0.39 is 0 Å². The third-order valence-corrected chi connectivity index (χ3v) is 3.67. The van der Waals surface area contributed by atoms with Gasteiger partial charge in [0.05, 0.1) is 17.1 Å². The zero-order valence-electron chi connectivity index (χ0n) is 11.1. The fourth-order valence-corrected chi connectivity index (χ4v) is 2.76. The van der Waals surface area contributed by atoms with E-state index in [0.717, 1.165) is 39.3 Å². The molecule has 0 aromatic carbocycles. The molecule has 0 aliphatic rings. The lowest BCUT2D eigenvalue weighted by atomic mass is 10.2. The first-order valence-corrected chi connectivity index (χ1v) is 6.82. The molecule has 0 aliphatic heterocycles. The third kappa shape index (κ3) is 2.28. The number of aromatic nitrogens is 5. The maximum absolute atomic E-state index is 4.64. The van der Waals surface area contributed by atoms with Gasteiger partial charge in [0.2, 0.25) is 0 Å². The molecule has 19 heavy (non-hydrogen) atoms. The van der Waals surface area contributed by atoms with E-state index in [1.807, 2.05) is 37.7 Å². The van der Waals surface area contributed by atoms with Gasteiger partial charge in [-0.15, -0.1) is 0 Å². The number of rotatable bonds is 2. The van der Waals surface area contributed by atoms with Gasteiger partial charge in [-0.25, -0.2) is 4.98 Å². The fourth-order valence-electron chi connectivity index (χ4n) is 2.26. The second-order valence-corrected chi connectivity index (χ2v) is 5.48. The summed E-state index contributed by atoms with van der Waals surface area (Å²) in [7, 11) is 1.91. The molecule has 0 spiro atoms. The molecule has 0 N–H and O–H groups in total. The van der Waals surface area contributed by atoms with Gasteiger partial charge in [0.1, 0.15) is 4.60 Å². The van der Waals surface area contributed by atoms with Crippen LogP contribution in [0.4, 0.5) is 0 Å². The number of aryl methyl sites for hydroxylation is 3. The molecule has 3 rings (SSSR count). The first kappa shape index (κ1) is 12.3. The van der Waals surface area contributed by atoms with Crippen molar-refractivity contribution >= 4 is 21.6 Å². The Balaban J connectivity index is 2.02. The number of imidazole rings is 1. The van der Waals surface area contributed by atoms with Gasteiger partial charge in [-0.1, -0.05) is 0 Å². The Hall–Kier alpha value is -1.69. The molecule has 0 aliphatic carbocycles. The van der Waals surface area contributed by atoms with Crippen LogP contribution < -0.4 is 0 Å². The smallest absolute Gasteiger partial charge is 0.158 e. The molecule has 0 fully saturated rings. The van der Waals surface area contributed by atoms with E-state index in [4.69, 9.17) is 0 Å². The Morgan fingerprint density at radius 3 is 2.63 bits per heavy atom. The zero-order valence-corrected chi connectivity index (χ0v) is 12.6. The SMILES string of the molecule is Cc1cn2cc(Cc3cn(C)nc3Br)nc2c(C)n1. The Kier molecular flexibility index (Phi) is 2.89. The number of hydrogen-bond donors (Lipinski definition) is 0. The summed E-state index contributed by atoms with van der Waals surface area (Å²) in [6.45, 7) is 3.98. The van der Waals surface area contributed by atoms with E-state index in [2.05, 4.69) is 37.2 Å². The van der Waals surface area contributed by atoms with Gasteiger partial charge in [-0.2, -0.15) is 5.10 Å². The van der Waals surface area contributed by atoms with Crippen molar-refractivity contribution in [1.29, 1.82) is 0 Å². The molecule has 0 radical (unpaired) electrons. The van der Waals surface area contributed by atoms with Crippen molar-refractivity contribution in [3.8, 4) is 0 Å². The van der Waals surface area contributed by atoms with Crippen LogP contribution in [-0.2, 0) is 13.5 Å². The molecule has 3 aromatic rings. The molecule has 6 heteroatoms. The van der Waals surface area contributed by atoms with E-state index >= 15 is 0 Å². The monoisotopic (exact) mass is 319 g/mol. The molecule has 0 bridgehead atoms. The van der Waals surface area contributed by atoms with Crippen LogP contribution in [0.2, 0.25) is 0 Å². The quantitative estimate of drug-likeness (QED) is 0.729. The van der Waals surface area contributed by atoms with Crippen LogP contribution >= 0.6 is 15.9 Å². The highest BCUT2D eigenvalue weighted by Crippen LogP contribution is 2.18. The van der Waals surface area contributed by atoms with Crippen LogP contribution in [0, 0.1) is 13.8 Å². The average Bonchev–Trinajstić information content (AvgIpc) is 2.83. The molecule has 0 amide bonds. The minimum atomic E-state index is 0.759. The van der Waals surface area contributed by atoms with Crippen LogP contribution in [0.15, 0.2) is 23.2 Å². The van der Waals surface area contributed by atoms with Gasteiger partial charge in [0.15, 0.2) is 5.65 Å². The lowest BCUT2D eigenvalue weighted by molar-refractivity contribution is 0.760. The van der Waals surface area contributed by atoms with E-state index in [9.17, 15) is 0 Å². The predicted octanol–water partition coefficient (Wildman–Crippen LogP) is 2.43. The molecule has 0 atom stereocenters. The van der Waals surface area contributed by atoms with Crippen molar-refractivity contribution in [1.82, 2.24) is 24.1 Å². The Morgan fingerprint density at radius 2 is 1.95 bits per heavy atom. The fraction of sp³-hybridized carbons (Fsp3) is 0.308. The zero-order chi connectivity index (χ0) is 13.6. The number of fused-ring (bicyclic) bond motifs is 1. The minimum absolute atomic E-state index is 0.759. The largest absolute Gasteiger partial charge is 0.303 e. The summed E-state index contributed by atoms with van der Waals surface area (Å²) in [4.78, 5) is 9.08. The normalized spacial score (nSPS) is 11.4. The molecule has 3 aromatic heterocycles. The van der Waals surface area contributed by atoms with Gasteiger partial charge >= 0.3 is 0 Å². The van der Waals surface area contributed by atoms with Crippen molar-refractivity contribution in [3.05, 3.63) is 45.8 Å². The highest BCUT2D eigenvalue weighted by atomic mass is 79.9. The molecule has 3 heterocycles. The molecule has 0 saturated carbocycles. The van der Waals surface area contributed by atoms with Gasteiger partial charge in [0.25, 0.3) is 0 Å². The molecule has 0 unspecified atom stereocenters. The second kappa shape index (κ2) is 4.45. The summed E-state index contributed by atoms with van der Waals surface area (Å²) in [6.07, 6.45) is 6.81.